The Kier molecular flexibility index (Phi) is 11.5. The molecular formula is C38H55ClN10O2. The molecule has 0 amide bonds. The zero-order chi connectivity index (χ0) is 35.3. The van der Waals surface area contributed by atoms with E-state index in [-0.39, 0.29) is 0 Å². The van der Waals surface area contributed by atoms with E-state index in [4.69, 9.17) is 26.1 Å². The van der Waals surface area contributed by atoms with Crippen LogP contribution in [0.4, 0.5) is 34.5 Å². The average Bonchev–Trinajstić information content (AvgIpc) is 3.17. The van der Waals surface area contributed by atoms with Gasteiger partial charge in [-0.3, -0.25) is 9.80 Å². The Bertz CT molecular complexity index is 1600. The molecule has 2 N–H and O–H groups in total. The van der Waals surface area contributed by atoms with Crippen LogP contribution in [0.15, 0.2) is 42.6 Å². The van der Waals surface area contributed by atoms with E-state index < -0.39 is 0 Å². The molecule has 51 heavy (non-hydrogen) atoms. The third-order valence-corrected chi connectivity index (χ3v) is 11.7. The molecule has 4 aliphatic rings. The monoisotopic (exact) mass is 718 g/mol. The second kappa shape index (κ2) is 16.4. The molecule has 5 heterocycles. The minimum Gasteiger partial charge on any atom is -0.494 e. The topological polar surface area (TPSA) is 87.7 Å². The fourth-order valence-electron chi connectivity index (χ4n) is 8.08. The Hall–Kier alpha value is -3.55. The summed E-state index contributed by atoms with van der Waals surface area (Å²) in [5.74, 6) is 2.39. The van der Waals surface area contributed by atoms with E-state index in [2.05, 4.69) is 83.4 Å². The number of hydrogen-bond donors (Lipinski definition) is 2. The quantitative estimate of drug-likeness (QED) is 0.294. The van der Waals surface area contributed by atoms with Crippen LogP contribution in [0.25, 0.3) is 0 Å². The maximum atomic E-state index is 6.61. The summed E-state index contributed by atoms with van der Waals surface area (Å²) in [6.07, 6.45) is 6.34. The van der Waals surface area contributed by atoms with Gasteiger partial charge in [-0.05, 0) is 64.0 Å². The molecule has 0 spiro atoms. The number of anilines is 6. The van der Waals surface area contributed by atoms with Gasteiger partial charge in [-0.1, -0.05) is 11.6 Å². The third-order valence-electron chi connectivity index (χ3n) is 11.4. The van der Waals surface area contributed by atoms with Crippen molar-refractivity contribution in [3.05, 3.63) is 47.6 Å². The van der Waals surface area contributed by atoms with Gasteiger partial charge >= 0.3 is 0 Å². The van der Waals surface area contributed by atoms with Crippen molar-refractivity contribution < 1.29 is 9.47 Å². The van der Waals surface area contributed by atoms with Gasteiger partial charge in [-0.2, -0.15) is 4.98 Å². The highest BCUT2D eigenvalue weighted by molar-refractivity contribution is 6.33. The van der Waals surface area contributed by atoms with Gasteiger partial charge < -0.3 is 39.7 Å². The van der Waals surface area contributed by atoms with E-state index in [0.717, 1.165) is 62.1 Å². The van der Waals surface area contributed by atoms with Gasteiger partial charge in [-0.25, -0.2) is 4.98 Å². The molecule has 0 bridgehead atoms. The predicted octanol–water partition coefficient (Wildman–Crippen LogP) is 5.07. The number of hydrogen-bond acceptors (Lipinski definition) is 12. The number of piperazine rings is 2. The number of benzene rings is 2. The second-order valence-corrected chi connectivity index (χ2v) is 14.9. The summed E-state index contributed by atoms with van der Waals surface area (Å²) >= 11 is 6.61. The molecule has 0 unspecified atom stereocenters. The van der Waals surface area contributed by atoms with Crippen LogP contribution in [-0.4, -0.2) is 149 Å². The highest BCUT2D eigenvalue weighted by atomic mass is 35.5. The summed E-state index contributed by atoms with van der Waals surface area (Å²) in [5.41, 5.74) is 3.92. The van der Waals surface area contributed by atoms with E-state index in [9.17, 15) is 0 Å². The third kappa shape index (κ3) is 8.58. The van der Waals surface area contributed by atoms with Crippen LogP contribution in [0.3, 0.4) is 0 Å². The molecule has 2 aromatic carbocycles. The number of halogens is 1. The molecule has 12 nitrogen and oxygen atoms in total. The Labute approximate surface area is 308 Å². The maximum Gasteiger partial charge on any atom is 0.229 e. The van der Waals surface area contributed by atoms with Crippen molar-refractivity contribution in [3.8, 4) is 11.5 Å². The molecule has 4 fully saturated rings. The van der Waals surface area contributed by atoms with Gasteiger partial charge in [0.25, 0.3) is 0 Å². The van der Waals surface area contributed by atoms with Crippen LogP contribution in [0, 0.1) is 0 Å². The van der Waals surface area contributed by atoms with E-state index in [1.165, 1.54) is 76.3 Å². The lowest BCUT2D eigenvalue weighted by Gasteiger charge is -2.42. The fraction of sp³-hybridized carbons (Fsp3) is 0.579. The van der Waals surface area contributed by atoms with Gasteiger partial charge in [0.05, 0.1) is 31.8 Å². The van der Waals surface area contributed by atoms with Gasteiger partial charge in [0.2, 0.25) is 5.95 Å². The van der Waals surface area contributed by atoms with E-state index >= 15 is 0 Å². The molecule has 0 radical (unpaired) electrons. The van der Waals surface area contributed by atoms with Crippen LogP contribution in [0.5, 0.6) is 11.5 Å². The summed E-state index contributed by atoms with van der Waals surface area (Å²) < 4.78 is 11.7. The standard InChI is InChI=1S/C38H55ClN10O2/c1-44-17-21-48(22-18-44)28-9-13-46(14-10-28)30-5-7-33(35(25-30)50-3)41-37-32(39)27-40-38(43-37)42-34-8-6-31(26-36(34)51-4)47-15-11-29(12-16-47)49-23-19-45(2)20-24-49/h5-8,25-29H,9-24H2,1-4H3,(H2,40,41,42,43). The van der Waals surface area contributed by atoms with Gasteiger partial charge in [0, 0.05) is 114 Å². The zero-order valence-electron chi connectivity index (χ0n) is 30.8. The number of piperidine rings is 2. The Balaban J connectivity index is 0.969. The predicted molar refractivity (Wildman–Crippen MR) is 208 cm³/mol. The number of aromatic nitrogens is 2. The van der Waals surface area contributed by atoms with Crippen molar-refractivity contribution in [3.63, 3.8) is 0 Å². The molecule has 0 aliphatic carbocycles. The molecule has 4 saturated heterocycles. The average molecular weight is 719 g/mol. The summed E-state index contributed by atoms with van der Waals surface area (Å²) in [5, 5.41) is 7.16. The number of nitrogens with one attached hydrogen (secondary N) is 2. The minimum absolute atomic E-state index is 0.416. The summed E-state index contributed by atoms with van der Waals surface area (Å²) in [6.45, 7) is 13.5. The zero-order valence-corrected chi connectivity index (χ0v) is 31.5. The number of nitrogens with zero attached hydrogens (tertiary/aromatic N) is 8. The lowest BCUT2D eigenvalue weighted by atomic mass is 10.0. The summed E-state index contributed by atoms with van der Waals surface area (Å²) in [4.78, 5) is 24.4. The molecule has 4 aliphatic heterocycles. The number of rotatable bonds is 10. The van der Waals surface area contributed by atoms with Crippen LogP contribution in [0.2, 0.25) is 5.02 Å². The van der Waals surface area contributed by atoms with Crippen molar-refractivity contribution >= 4 is 46.1 Å². The van der Waals surface area contributed by atoms with Crippen LogP contribution >= 0.6 is 11.6 Å². The van der Waals surface area contributed by atoms with Crippen LogP contribution < -0.4 is 29.9 Å². The number of likely N-dealkylation sites (N-methyl/N-ethyl adjacent to an activating group) is 2. The Morgan fingerprint density at radius 3 is 1.53 bits per heavy atom. The Morgan fingerprint density at radius 2 is 1.08 bits per heavy atom. The largest absolute Gasteiger partial charge is 0.494 e. The number of ether oxygens (including phenoxy) is 2. The lowest BCUT2D eigenvalue weighted by Crippen LogP contribution is -2.52. The molecule has 276 valence electrons. The Morgan fingerprint density at radius 1 is 0.627 bits per heavy atom. The molecule has 0 atom stereocenters. The van der Waals surface area contributed by atoms with Crippen molar-refractivity contribution in [1.82, 2.24) is 29.6 Å². The molecule has 1 aromatic heterocycles. The van der Waals surface area contributed by atoms with E-state index in [1.54, 1.807) is 20.4 Å². The number of methoxy groups -OCH3 is 2. The second-order valence-electron chi connectivity index (χ2n) is 14.5. The van der Waals surface area contributed by atoms with Crippen LogP contribution in [-0.2, 0) is 0 Å². The molecule has 0 saturated carbocycles. The first-order valence-electron chi connectivity index (χ1n) is 18.6. The first-order valence-corrected chi connectivity index (χ1v) is 19.0. The SMILES string of the molecule is COc1cc(N2CCC(N3CCN(C)CC3)CC2)ccc1Nc1ncc(Cl)c(Nc2ccc(N3CCC(N4CCN(C)CC4)CC3)cc2OC)n1. The molecule has 13 heteroatoms. The molecular weight excluding hydrogens is 664 g/mol. The van der Waals surface area contributed by atoms with Crippen molar-refractivity contribution in [2.75, 3.05) is 127 Å². The van der Waals surface area contributed by atoms with Crippen molar-refractivity contribution in [2.24, 2.45) is 0 Å². The maximum absolute atomic E-state index is 6.61. The molecule has 3 aromatic rings. The molecule has 7 rings (SSSR count). The van der Waals surface area contributed by atoms with Crippen LogP contribution in [0.1, 0.15) is 25.7 Å². The normalized spacial score (nSPS) is 20.8. The smallest absolute Gasteiger partial charge is 0.229 e. The summed E-state index contributed by atoms with van der Waals surface area (Å²) in [6, 6.07) is 13.9. The minimum atomic E-state index is 0.416. The van der Waals surface area contributed by atoms with Crippen molar-refractivity contribution in [1.29, 1.82) is 0 Å². The van der Waals surface area contributed by atoms with E-state index in [0.29, 0.717) is 28.9 Å². The fourth-order valence-corrected chi connectivity index (χ4v) is 8.21. The first kappa shape index (κ1) is 35.8. The van der Waals surface area contributed by atoms with E-state index in [1.807, 2.05) is 12.1 Å². The highest BCUT2D eigenvalue weighted by Gasteiger charge is 2.29. The van der Waals surface area contributed by atoms with Gasteiger partial charge in [-0.15, -0.1) is 0 Å². The first-order chi connectivity index (χ1) is 24.9. The van der Waals surface area contributed by atoms with Crippen molar-refractivity contribution in [2.45, 2.75) is 37.8 Å². The summed E-state index contributed by atoms with van der Waals surface area (Å²) in [7, 11) is 7.84. The highest BCUT2D eigenvalue weighted by Crippen LogP contribution is 2.37. The lowest BCUT2D eigenvalue weighted by molar-refractivity contribution is 0.0982. The van der Waals surface area contributed by atoms with Gasteiger partial charge in [0.1, 0.15) is 16.5 Å². The van der Waals surface area contributed by atoms with Gasteiger partial charge in [0.15, 0.2) is 5.82 Å².